The molecule has 0 saturated heterocycles. The van der Waals surface area contributed by atoms with Gasteiger partial charge >= 0.3 is 0 Å². The van der Waals surface area contributed by atoms with E-state index in [9.17, 15) is 14.9 Å². The largest absolute Gasteiger partial charge is 0.396 e. The first-order valence-electron chi connectivity index (χ1n) is 4.71. The summed E-state index contributed by atoms with van der Waals surface area (Å²) in [4.78, 5) is 21.6. The van der Waals surface area contributed by atoms with E-state index in [0.29, 0.717) is 19.4 Å². The number of halogens is 1. The quantitative estimate of drug-likeness (QED) is 0.503. The molecule has 0 atom stereocenters. The number of nitro groups is 1. The van der Waals surface area contributed by atoms with Crippen LogP contribution < -0.4 is 5.56 Å². The van der Waals surface area contributed by atoms with Crippen LogP contribution in [0.1, 0.15) is 12.8 Å². The molecule has 1 heterocycles. The number of aryl methyl sites for hydroxylation is 1. The van der Waals surface area contributed by atoms with Gasteiger partial charge in [0.2, 0.25) is 0 Å². The van der Waals surface area contributed by atoms with Crippen LogP contribution >= 0.6 is 15.9 Å². The molecular formula is C9H11BrN2O4. The van der Waals surface area contributed by atoms with Crippen LogP contribution in [-0.2, 0) is 6.54 Å². The Morgan fingerprint density at radius 3 is 2.75 bits per heavy atom. The Morgan fingerprint density at radius 1 is 1.50 bits per heavy atom. The van der Waals surface area contributed by atoms with Crippen molar-refractivity contribution in [1.29, 1.82) is 0 Å². The number of hydrogen-bond donors (Lipinski definition) is 1. The molecule has 0 spiro atoms. The average molecular weight is 291 g/mol. The van der Waals surface area contributed by atoms with Crippen molar-refractivity contribution in [1.82, 2.24) is 4.57 Å². The number of aliphatic hydroxyl groups excluding tert-OH is 1. The third-order valence-corrected chi connectivity index (χ3v) is 2.61. The summed E-state index contributed by atoms with van der Waals surface area (Å²) < 4.78 is 1.45. The Kier molecular flexibility index (Phi) is 4.63. The number of aromatic nitrogens is 1. The molecule has 0 radical (unpaired) electrons. The molecule has 0 aromatic carbocycles. The number of rotatable bonds is 5. The van der Waals surface area contributed by atoms with E-state index in [1.807, 2.05) is 0 Å². The number of unbranched alkanes of at least 4 members (excludes halogenated alkanes) is 1. The maximum atomic E-state index is 11.6. The lowest BCUT2D eigenvalue weighted by molar-refractivity contribution is -0.385. The molecule has 0 bridgehead atoms. The number of hydrogen-bond acceptors (Lipinski definition) is 4. The van der Waals surface area contributed by atoms with Crippen LogP contribution in [0.25, 0.3) is 0 Å². The van der Waals surface area contributed by atoms with E-state index in [1.165, 1.54) is 16.8 Å². The lowest BCUT2D eigenvalue weighted by Gasteiger charge is -2.05. The highest BCUT2D eigenvalue weighted by atomic mass is 79.9. The summed E-state index contributed by atoms with van der Waals surface area (Å²) in [5.74, 6) is 0. The predicted molar refractivity (Wildman–Crippen MR) is 61.4 cm³/mol. The van der Waals surface area contributed by atoms with Gasteiger partial charge in [0.15, 0.2) is 0 Å². The summed E-state index contributed by atoms with van der Waals surface area (Å²) in [5.41, 5.74) is -0.431. The van der Waals surface area contributed by atoms with Crippen molar-refractivity contribution in [3.05, 3.63) is 37.2 Å². The molecule has 0 unspecified atom stereocenters. The minimum Gasteiger partial charge on any atom is -0.396 e. The standard InChI is InChI=1S/C9H11BrN2O4/c10-8-5-7(12(15)16)6-11(9(8)14)3-1-2-4-13/h5-6,13H,1-4H2. The molecule has 7 heteroatoms. The monoisotopic (exact) mass is 290 g/mol. The molecule has 88 valence electrons. The van der Waals surface area contributed by atoms with Crippen LogP contribution in [0.15, 0.2) is 21.5 Å². The van der Waals surface area contributed by atoms with Gasteiger partial charge in [-0.1, -0.05) is 0 Å². The van der Waals surface area contributed by atoms with Crippen molar-refractivity contribution in [3.8, 4) is 0 Å². The summed E-state index contributed by atoms with van der Waals surface area (Å²) in [7, 11) is 0. The molecule has 1 aromatic heterocycles. The van der Waals surface area contributed by atoms with Gasteiger partial charge in [-0.25, -0.2) is 0 Å². The molecule has 0 aliphatic carbocycles. The number of nitrogens with zero attached hydrogens (tertiary/aromatic N) is 2. The van der Waals surface area contributed by atoms with Crippen molar-refractivity contribution in [2.45, 2.75) is 19.4 Å². The van der Waals surface area contributed by atoms with Gasteiger partial charge in [-0.15, -0.1) is 0 Å². The van der Waals surface area contributed by atoms with Gasteiger partial charge in [-0.3, -0.25) is 14.9 Å². The normalized spacial score (nSPS) is 10.4. The van der Waals surface area contributed by atoms with Gasteiger partial charge in [-0.2, -0.15) is 0 Å². The van der Waals surface area contributed by atoms with Gasteiger partial charge in [-0.05, 0) is 28.8 Å². The van der Waals surface area contributed by atoms with E-state index >= 15 is 0 Å². The zero-order valence-electron chi connectivity index (χ0n) is 8.43. The van der Waals surface area contributed by atoms with E-state index < -0.39 is 4.92 Å². The SMILES string of the molecule is O=c1c(Br)cc([N+](=O)[O-])cn1CCCCO. The molecule has 1 aromatic rings. The topological polar surface area (TPSA) is 85.4 Å². The Hall–Kier alpha value is -1.21. The third-order valence-electron chi connectivity index (χ3n) is 2.05. The van der Waals surface area contributed by atoms with Crippen LogP contribution in [0, 0.1) is 10.1 Å². The summed E-state index contributed by atoms with van der Waals surface area (Å²) in [6.45, 7) is 0.407. The molecule has 0 aliphatic heterocycles. The van der Waals surface area contributed by atoms with Crippen molar-refractivity contribution in [2.24, 2.45) is 0 Å². The highest BCUT2D eigenvalue weighted by molar-refractivity contribution is 9.10. The first-order valence-corrected chi connectivity index (χ1v) is 5.51. The predicted octanol–water partition coefficient (Wildman–Crippen LogP) is 1.29. The van der Waals surface area contributed by atoms with Crippen LogP contribution in [-0.4, -0.2) is 21.2 Å². The Bertz CT molecular complexity index is 444. The highest BCUT2D eigenvalue weighted by Gasteiger charge is 2.11. The zero-order chi connectivity index (χ0) is 12.1. The molecule has 0 amide bonds. The summed E-state index contributed by atoms with van der Waals surface area (Å²) in [5, 5.41) is 19.2. The maximum Gasteiger partial charge on any atom is 0.286 e. The van der Waals surface area contributed by atoms with Crippen molar-refractivity contribution >= 4 is 21.6 Å². The van der Waals surface area contributed by atoms with Crippen LogP contribution in [0.2, 0.25) is 0 Å². The first-order chi connectivity index (χ1) is 7.56. The fraction of sp³-hybridized carbons (Fsp3) is 0.444. The van der Waals surface area contributed by atoms with E-state index in [0.717, 1.165) is 0 Å². The lowest BCUT2D eigenvalue weighted by Crippen LogP contribution is -2.20. The van der Waals surface area contributed by atoms with Gasteiger partial charge < -0.3 is 9.67 Å². The van der Waals surface area contributed by atoms with Gasteiger partial charge in [0.25, 0.3) is 11.2 Å². The maximum absolute atomic E-state index is 11.6. The lowest BCUT2D eigenvalue weighted by atomic mass is 10.3. The second-order valence-electron chi connectivity index (χ2n) is 3.23. The van der Waals surface area contributed by atoms with Crippen molar-refractivity contribution < 1.29 is 10.0 Å². The Balaban J connectivity index is 2.98. The smallest absolute Gasteiger partial charge is 0.286 e. The summed E-state index contributed by atoms with van der Waals surface area (Å²) >= 11 is 2.99. The highest BCUT2D eigenvalue weighted by Crippen LogP contribution is 2.14. The van der Waals surface area contributed by atoms with Crippen LogP contribution in [0.4, 0.5) is 5.69 Å². The summed E-state index contributed by atoms with van der Waals surface area (Å²) in [6.07, 6.45) is 2.38. The van der Waals surface area contributed by atoms with Gasteiger partial charge in [0, 0.05) is 19.2 Å². The van der Waals surface area contributed by atoms with E-state index in [2.05, 4.69) is 15.9 Å². The molecule has 0 saturated carbocycles. The van der Waals surface area contributed by atoms with Gasteiger partial charge in [0.05, 0.1) is 15.6 Å². The Morgan fingerprint density at radius 2 is 2.19 bits per heavy atom. The molecular weight excluding hydrogens is 280 g/mol. The number of aliphatic hydroxyl groups is 1. The number of pyridine rings is 1. The molecule has 1 N–H and O–H groups in total. The average Bonchev–Trinajstić information content (AvgIpc) is 2.24. The second-order valence-corrected chi connectivity index (χ2v) is 4.09. The van der Waals surface area contributed by atoms with Crippen molar-refractivity contribution in [2.75, 3.05) is 6.61 Å². The minimum absolute atomic E-state index is 0.0465. The van der Waals surface area contributed by atoms with Crippen molar-refractivity contribution in [3.63, 3.8) is 0 Å². The molecule has 1 rings (SSSR count). The Labute approximate surface area is 99.8 Å². The van der Waals surface area contributed by atoms with Crippen LogP contribution in [0.3, 0.4) is 0 Å². The third kappa shape index (κ3) is 3.14. The van der Waals surface area contributed by atoms with E-state index in [-0.39, 0.29) is 22.3 Å². The van der Waals surface area contributed by atoms with E-state index in [4.69, 9.17) is 5.11 Å². The van der Waals surface area contributed by atoms with Gasteiger partial charge in [0.1, 0.15) is 0 Å². The fourth-order valence-electron chi connectivity index (χ4n) is 1.24. The molecule has 6 nitrogen and oxygen atoms in total. The first kappa shape index (κ1) is 12.9. The van der Waals surface area contributed by atoms with Crippen LogP contribution in [0.5, 0.6) is 0 Å². The van der Waals surface area contributed by atoms with E-state index in [1.54, 1.807) is 0 Å². The molecule has 0 aliphatic rings. The minimum atomic E-state index is -0.549. The fourth-order valence-corrected chi connectivity index (χ4v) is 1.71. The molecule has 16 heavy (non-hydrogen) atoms. The summed E-state index contributed by atoms with van der Waals surface area (Å²) in [6, 6.07) is 1.19. The zero-order valence-corrected chi connectivity index (χ0v) is 10.0. The second kappa shape index (κ2) is 5.76. The molecule has 0 fully saturated rings.